The highest BCUT2D eigenvalue weighted by Crippen LogP contribution is 2.29. The molecule has 0 aliphatic rings. The molecule has 1 aromatic heterocycles. The molecule has 0 saturated carbocycles. The Morgan fingerprint density at radius 1 is 0.818 bits per heavy atom. The van der Waals surface area contributed by atoms with Crippen LogP contribution < -0.4 is 0 Å². The molecule has 0 radical (unpaired) electrons. The highest BCUT2D eigenvalue weighted by atomic mass is 79.9. The Morgan fingerprint density at radius 2 is 1.59 bits per heavy atom. The van der Waals surface area contributed by atoms with Crippen molar-refractivity contribution >= 4 is 49.5 Å². The van der Waals surface area contributed by atoms with Crippen LogP contribution in [0.15, 0.2) is 81.3 Å². The molecule has 0 amide bonds. The van der Waals surface area contributed by atoms with Gasteiger partial charge in [0.25, 0.3) is 0 Å². The standard InChI is InChI=1S/C18H11BrN2S/c19-14-6-3-7-15(10-14)22-18-11-20-16-8-12-4-1-2-5-13(12)9-17(16)21-18/h1-11H. The predicted octanol–water partition coefficient (Wildman–Crippen LogP) is 5.70. The molecule has 4 rings (SSSR count). The summed E-state index contributed by atoms with van der Waals surface area (Å²) in [6.07, 6.45) is 1.84. The number of benzene rings is 3. The first-order chi connectivity index (χ1) is 10.8. The van der Waals surface area contributed by atoms with E-state index in [4.69, 9.17) is 4.98 Å². The van der Waals surface area contributed by atoms with Gasteiger partial charge in [-0.25, -0.2) is 4.98 Å². The maximum Gasteiger partial charge on any atom is 0.120 e. The largest absolute Gasteiger partial charge is 0.252 e. The first kappa shape index (κ1) is 13.7. The molecule has 4 aromatic rings. The van der Waals surface area contributed by atoms with Crippen molar-refractivity contribution in [3.63, 3.8) is 0 Å². The molecule has 0 aliphatic carbocycles. The van der Waals surface area contributed by atoms with Crippen LogP contribution in [0.4, 0.5) is 0 Å². The first-order valence-corrected chi connectivity index (χ1v) is 8.48. The van der Waals surface area contributed by atoms with Crippen molar-refractivity contribution < 1.29 is 0 Å². The van der Waals surface area contributed by atoms with E-state index in [1.807, 2.05) is 30.5 Å². The number of hydrogen-bond acceptors (Lipinski definition) is 3. The second-order valence-corrected chi connectivity index (χ2v) is 6.97. The lowest BCUT2D eigenvalue weighted by Crippen LogP contribution is -1.87. The van der Waals surface area contributed by atoms with Gasteiger partial charge in [0.1, 0.15) is 5.03 Å². The summed E-state index contributed by atoms with van der Waals surface area (Å²) in [7, 11) is 0. The minimum atomic E-state index is 0.904. The molecule has 0 N–H and O–H groups in total. The lowest BCUT2D eigenvalue weighted by molar-refractivity contribution is 1.12. The van der Waals surface area contributed by atoms with Gasteiger partial charge in [-0.05, 0) is 41.1 Å². The molecule has 0 saturated heterocycles. The topological polar surface area (TPSA) is 25.8 Å². The normalized spacial score (nSPS) is 11.1. The third kappa shape index (κ3) is 2.72. The Balaban J connectivity index is 1.78. The van der Waals surface area contributed by atoms with Crippen molar-refractivity contribution in [1.82, 2.24) is 9.97 Å². The molecule has 0 atom stereocenters. The number of halogens is 1. The zero-order chi connectivity index (χ0) is 14.9. The van der Waals surface area contributed by atoms with E-state index in [9.17, 15) is 0 Å². The van der Waals surface area contributed by atoms with Crippen LogP contribution in [0.5, 0.6) is 0 Å². The maximum atomic E-state index is 4.74. The molecule has 2 nitrogen and oxygen atoms in total. The smallest absolute Gasteiger partial charge is 0.120 e. The van der Waals surface area contributed by atoms with Crippen LogP contribution in [0.3, 0.4) is 0 Å². The van der Waals surface area contributed by atoms with Crippen LogP contribution in [0.25, 0.3) is 21.8 Å². The average molecular weight is 367 g/mol. The van der Waals surface area contributed by atoms with Gasteiger partial charge >= 0.3 is 0 Å². The van der Waals surface area contributed by atoms with Crippen LogP contribution in [0, 0.1) is 0 Å². The van der Waals surface area contributed by atoms with Crippen molar-refractivity contribution in [1.29, 1.82) is 0 Å². The fraction of sp³-hybridized carbons (Fsp3) is 0. The van der Waals surface area contributed by atoms with E-state index in [0.29, 0.717) is 0 Å². The van der Waals surface area contributed by atoms with E-state index < -0.39 is 0 Å². The third-order valence-corrected chi connectivity index (χ3v) is 4.79. The van der Waals surface area contributed by atoms with Crippen molar-refractivity contribution in [3.8, 4) is 0 Å². The highest BCUT2D eigenvalue weighted by Gasteiger charge is 2.04. The summed E-state index contributed by atoms with van der Waals surface area (Å²) in [5, 5.41) is 3.28. The van der Waals surface area contributed by atoms with Gasteiger partial charge < -0.3 is 0 Å². The number of aromatic nitrogens is 2. The van der Waals surface area contributed by atoms with Gasteiger partial charge in [0.05, 0.1) is 17.2 Å². The van der Waals surface area contributed by atoms with E-state index in [1.165, 1.54) is 10.8 Å². The maximum absolute atomic E-state index is 4.74. The predicted molar refractivity (Wildman–Crippen MR) is 95.3 cm³/mol. The average Bonchev–Trinajstić information content (AvgIpc) is 2.53. The molecule has 4 heteroatoms. The molecule has 0 fully saturated rings. The summed E-state index contributed by atoms with van der Waals surface area (Å²) in [5.41, 5.74) is 1.86. The molecule has 0 spiro atoms. The van der Waals surface area contributed by atoms with E-state index in [-0.39, 0.29) is 0 Å². The third-order valence-electron chi connectivity index (χ3n) is 3.41. The molecule has 1 heterocycles. The minimum Gasteiger partial charge on any atom is -0.252 e. The van der Waals surface area contributed by atoms with Crippen molar-refractivity contribution in [2.24, 2.45) is 0 Å². The van der Waals surface area contributed by atoms with E-state index in [0.717, 1.165) is 25.4 Å². The van der Waals surface area contributed by atoms with Gasteiger partial charge in [-0.2, -0.15) is 0 Å². The quantitative estimate of drug-likeness (QED) is 0.425. The van der Waals surface area contributed by atoms with Crippen molar-refractivity contribution in [2.75, 3.05) is 0 Å². The lowest BCUT2D eigenvalue weighted by atomic mass is 10.1. The molecule has 106 valence electrons. The SMILES string of the molecule is Brc1cccc(Sc2cnc3cc4ccccc4cc3n2)c1. The fourth-order valence-electron chi connectivity index (χ4n) is 2.38. The Kier molecular flexibility index (Phi) is 3.56. The number of hydrogen-bond donors (Lipinski definition) is 0. The van der Waals surface area contributed by atoms with Crippen molar-refractivity contribution in [2.45, 2.75) is 9.92 Å². The second-order valence-electron chi connectivity index (χ2n) is 4.96. The lowest BCUT2D eigenvalue weighted by Gasteiger charge is -2.04. The summed E-state index contributed by atoms with van der Waals surface area (Å²) >= 11 is 5.11. The van der Waals surface area contributed by atoms with Crippen LogP contribution in [0.2, 0.25) is 0 Å². The molecule has 22 heavy (non-hydrogen) atoms. The molecule has 3 aromatic carbocycles. The molecule has 0 bridgehead atoms. The van der Waals surface area contributed by atoms with Gasteiger partial charge in [0, 0.05) is 9.37 Å². The Morgan fingerprint density at radius 3 is 2.36 bits per heavy atom. The minimum absolute atomic E-state index is 0.904. The van der Waals surface area contributed by atoms with Gasteiger partial charge in [-0.1, -0.05) is 58.0 Å². The number of fused-ring (bicyclic) bond motifs is 2. The zero-order valence-electron chi connectivity index (χ0n) is 11.5. The summed E-state index contributed by atoms with van der Waals surface area (Å²) < 4.78 is 1.07. The molecule has 0 aliphatic heterocycles. The summed E-state index contributed by atoms with van der Waals surface area (Å²) in [6.45, 7) is 0. The summed E-state index contributed by atoms with van der Waals surface area (Å²) in [4.78, 5) is 10.4. The summed E-state index contributed by atoms with van der Waals surface area (Å²) in [6, 6.07) is 20.7. The number of rotatable bonds is 2. The van der Waals surface area contributed by atoms with Gasteiger partial charge in [-0.15, -0.1) is 0 Å². The van der Waals surface area contributed by atoms with Gasteiger partial charge in [-0.3, -0.25) is 4.98 Å². The van der Waals surface area contributed by atoms with Crippen LogP contribution in [-0.2, 0) is 0 Å². The van der Waals surface area contributed by atoms with E-state index >= 15 is 0 Å². The van der Waals surface area contributed by atoms with Gasteiger partial charge in [0.15, 0.2) is 0 Å². The first-order valence-electron chi connectivity index (χ1n) is 6.87. The van der Waals surface area contributed by atoms with Crippen molar-refractivity contribution in [3.05, 3.63) is 71.3 Å². The zero-order valence-corrected chi connectivity index (χ0v) is 13.9. The fourth-order valence-corrected chi connectivity index (χ4v) is 3.76. The van der Waals surface area contributed by atoms with Crippen LogP contribution in [0.1, 0.15) is 0 Å². The molecular weight excluding hydrogens is 356 g/mol. The van der Waals surface area contributed by atoms with E-state index in [1.54, 1.807) is 11.8 Å². The molecular formula is C18H11BrN2S. The highest BCUT2D eigenvalue weighted by molar-refractivity contribution is 9.10. The Hall–Kier alpha value is -1.91. The monoisotopic (exact) mass is 366 g/mol. The van der Waals surface area contributed by atoms with Gasteiger partial charge in [0.2, 0.25) is 0 Å². The summed E-state index contributed by atoms with van der Waals surface area (Å²) in [5.74, 6) is 0. The Bertz CT molecular complexity index is 985. The van der Waals surface area contributed by atoms with Crippen LogP contribution in [-0.4, -0.2) is 9.97 Å². The molecule has 0 unspecified atom stereocenters. The second kappa shape index (κ2) is 5.71. The number of nitrogens with zero attached hydrogens (tertiary/aromatic N) is 2. The van der Waals surface area contributed by atoms with E-state index in [2.05, 4.69) is 57.3 Å². The Labute approximate surface area is 140 Å². The van der Waals surface area contributed by atoms with Crippen LogP contribution >= 0.6 is 27.7 Å².